The summed E-state index contributed by atoms with van der Waals surface area (Å²) in [6.07, 6.45) is -1.52. The number of fused-ring (bicyclic) bond motifs is 1. The quantitative estimate of drug-likeness (QED) is 0.750. The molecule has 0 radical (unpaired) electrons. The molecular formula is C13H16FNO2. The lowest BCUT2D eigenvalue weighted by molar-refractivity contribution is -0.125. The van der Waals surface area contributed by atoms with Gasteiger partial charge < -0.3 is 9.64 Å². The van der Waals surface area contributed by atoms with Crippen LogP contribution in [0.5, 0.6) is 5.75 Å². The molecule has 1 aliphatic heterocycles. The van der Waals surface area contributed by atoms with Crippen molar-refractivity contribution < 1.29 is 13.9 Å². The van der Waals surface area contributed by atoms with Gasteiger partial charge in [0.2, 0.25) is 0 Å². The number of ether oxygens (including phenoxy) is 1. The molecule has 3 nitrogen and oxygen atoms in total. The largest absolute Gasteiger partial charge is 0.497 e. The van der Waals surface area contributed by atoms with Gasteiger partial charge in [-0.15, -0.1) is 0 Å². The van der Waals surface area contributed by atoms with Gasteiger partial charge >= 0.3 is 0 Å². The minimum Gasteiger partial charge on any atom is -0.497 e. The second-order valence-corrected chi connectivity index (χ2v) is 4.86. The fourth-order valence-corrected chi connectivity index (χ4v) is 2.18. The van der Waals surface area contributed by atoms with E-state index in [2.05, 4.69) is 0 Å². The predicted molar refractivity (Wildman–Crippen MR) is 64.3 cm³/mol. The lowest BCUT2D eigenvalue weighted by Crippen LogP contribution is -2.49. The van der Waals surface area contributed by atoms with Gasteiger partial charge in [-0.25, -0.2) is 4.39 Å². The summed E-state index contributed by atoms with van der Waals surface area (Å²) < 4.78 is 19.2. The molecule has 92 valence electrons. The summed E-state index contributed by atoms with van der Waals surface area (Å²) in [7, 11) is 3.16. The van der Waals surface area contributed by atoms with E-state index in [-0.39, 0.29) is 0 Å². The zero-order valence-corrected chi connectivity index (χ0v) is 10.5. The van der Waals surface area contributed by atoms with Crippen molar-refractivity contribution in [3.05, 3.63) is 23.8 Å². The molecule has 0 saturated heterocycles. The number of carbonyl (C=O) groups excluding carboxylic acids is 1. The van der Waals surface area contributed by atoms with Gasteiger partial charge in [0.25, 0.3) is 5.91 Å². The molecule has 1 aliphatic rings. The molecule has 0 N–H and O–H groups in total. The van der Waals surface area contributed by atoms with E-state index in [1.54, 1.807) is 46.2 Å². The molecule has 4 heteroatoms. The summed E-state index contributed by atoms with van der Waals surface area (Å²) in [6.45, 7) is 3.47. The Morgan fingerprint density at radius 3 is 2.65 bits per heavy atom. The van der Waals surface area contributed by atoms with Crippen molar-refractivity contribution in [2.75, 3.05) is 19.1 Å². The molecule has 0 aliphatic carbocycles. The highest BCUT2D eigenvalue weighted by atomic mass is 19.1. The molecule has 1 heterocycles. The normalized spacial score (nSPS) is 22.3. The van der Waals surface area contributed by atoms with E-state index >= 15 is 0 Å². The van der Waals surface area contributed by atoms with E-state index in [0.717, 1.165) is 11.3 Å². The maximum atomic E-state index is 14.1. The van der Waals surface area contributed by atoms with Crippen LogP contribution in [0.1, 0.15) is 19.4 Å². The van der Waals surface area contributed by atoms with Crippen LogP contribution in [0.4, 0.5) is 10.1 Å². The molecule has 1 amide bonds. The third kappa shape index (κ3) is 1.59. The summed E-state index contributed by atoms with van der Waals surface area (Å²) in [5.41, 5.74) is 0.717. The molecule has 17 heavy (non-hydrogen) atoms. The molecule has 1 atom stereocenters. The predicted octanol–water partition coefficient (Wildman–Crippen LogP) is 2.29. The summed E-state index contributed by atoms with van der Waals surface area (Å²) in [4.78, 5) is 13.1. The number of rotatable bonds is 1. The van der Waals surface area contributed by atoms with Gasteiger partial charge in [0.05, 0.1) is 7.11 Å². The van der Waals surface area contributed by atoms with Crippen LogP contribution in [0.25, 0.3) is 0 Å². The zero-order valence-electron chi connectivity index (χ0n) is 10.5. The van der Waals surface area contributed by atoms with Crippen molar-refractivity contribution in [3.8, 4) is 5.75 Å². The molecule has 0 spiro atoms. The third-order valence-electron chi connectivity index (χ3n) is 3.44. The SMILES string of the molecule is COc1ccc2c(c1)C(C)(C)C(F)C(=O)N2C. The number of alkyl halides is 1. The molecule has 0 aromatic heterocycles. The number of halogens is 1. The maximum Gasteiger partial charge on any atom is 0.262 e. The van der Waals surface area contributed by atoms with Crippen LogP contribution in [0.2, 0.25) is 0 Å². The Bertz CT molecular complexity index is 470. The second kappa shape index (κ2) is 3.72. The van der Waals surface area contributed by atoms with Crippen molar-refractivity contribution >= 4 is 11.6 Å². The molecule has 0 bridgehead atoms. The number of hydrogen-bond donors (Lipinski definition) is 0. The van der Waals surface area contributed by atoms with Gasteiger partial charge in [0, 0.05) is 18.2 Å². The summed E-state index contributed by atoms with van der Waals surface area (Å²) in [6, 6.07) is 5.36. The molecule has 1 aromatic rings. The highest BCUT2D eigenvalue weighted by Gasteiger charge is 2.45. The van der Waals surface area contributed by atoms with Gasteiger partial charge in [-0.1, -0.05) is 13.8 Å². The minimum atomic E-state index is -1.52. The van der Waals surface area contributed by atoms with Crippen LogP contribution in [-0.2, 0) is 10.2 Å². The minimum absolute atomic E-state index is 0.493. The lowest BCUT2D eigenvalue weighted by atomic mass is 9.76. The number of methoxy groups -OCH3 is 1. The van der Waals surface area contributed by atoms with Crippen LogP contribution in [0.3, 0.4) is 0 Å². The number of amides is 1. The number of anilines is 1. The Balaban J connectivity index is 2.65. The van der Waals surface area contributed by atoms with E-state index in [9.17, 15) is 9.18 Å². The van der Waals surface area contributed by atoms with Crippen molar-refractivity contribution in [1.82, 2.24) is 0 Å². The Morgan fingerprint density at radius 1 is 1.41 bits per heavy atom. The van der Waals surface area contributed by atoms with Crippen LogP contribution >= 0.6 is 0 Å². The molecule has 0 saturated carbocycles. The van der Waals surface area contributed by atoms with E-state index in [1.807, 2.05) is 0 Å². The van der Waals surface area contributed by atoms with Gasteiger partial charge in [0.1, 0.15) is 5.75 Å². The maximum absolute atomic E-state index is 14.1. The van der Waals surface area contributed by atoms with Crippen molar-refractivity contribution in [1.29, 1.82) is 0 Å². The average molecular weight is 237 g/mol. The fourth-order valence-electron chi connectivity index (χ4n) is 2.18. The van der Waals surface area contributed by atoms with Crippen molar-refractivity contribution in [2.24, 2.45) is 0 Å². The standard InChI is InChI=1S/C13H16FNO2/c1-13(2)9-7-8(17-4)5-6-10(9)15(3)12(16)11(13)14/h5-7,11H,1-4H3. The van der Waals surface area contributed by atoms with Gasteiger partial charge in [-0.2, -0.15) is 0 Å². The van der Waals surface area contributed by atoms with Crippen LogP contribution in [0, 0.1) is 0 Å². The second-order valence-electron chi connectivity index (χ2n) is 4.86. The molecule has 2 rings (SSSR count). The molecule has 1 aromatic carbocycles. The first-order chi connectivity index (χ1) is 7.89. The van der Waals surface area contributed by atoms with Crippen LogP contribution in [-0.4, -0.2) is 26.2 Å². The summed E-state index contributed by atoms with van der Waals surface area (Å²) in [5, 5.41) is 0. The topological polar surface area (TPSA) is 29.5 Å². The first kappa shape index (κ1) is 11.9. The first-order valence-electron chi connectivity index (χ1n) is 5.49. The number of nitrogens with zero attached hydrogens (tertiary/aromatic N) is 1. The molecule has 1 unspecified atom stereocenters. The Morgan fingerprint density at radius 2 is 2.06 bits per heavy atom. The number of hydrogen-bond acceptors (Lipinski definition) is 2. The van der Waals surface area contributed by atoms with Gasteiger partial charge in [-0.05, 0) is 23.8 Å². The fraction of sp³-hybridized carbons (Fsp3) is 0.462. The highest BCUT2D eigenvalue weighted by Crippen LogP contribution is 2.42. The molecule has 0 fully saturated rings. The molecular weight excluding hydrogens is 221 g/mol. The summed E-state index contributed by atoms with van der Waals surface area (Å²) in [5.74, 6) is 0.180. The highest BCUT2D eigenvalue weighted by molar-refractivity contribution is 6.00. The summed E-state index contributed by atoms with van der Waals surface area (Å²) >= 11 is 0. The van der Waals surface area contributed by atoms with E-state index in [0.29, 0.717) is 5.75 Å². The lowest BCUT2D eigenvalue weighted by Gasteiger charge is -2.39. The van der Waals surface area contributed by atoms with Gasteiger partial charge in [0.15, 0.2) is 6.17 Å². The first-order valence-corrected chi connectivity index (χ1v) is 5.49. The van der Waals surface area contributed by atoms with E-state index in [4.69, 9.17) is 4.74 Å². The smallest absolute Gasteiger partial charge is 0.262 e. The van der Waals surface area contributed by atoms with E-state index in [1.165, 1.54) is 4.90 Å². The monoisotopic (exact) mass is 237 g/mol. The number of benzene rings is 1. The zero-order chi connectivity index (χ0) is 12.8. The van der Waals surface area contributed by atoms with Crippen molar-refractivity contribution in [2.45, 2.75) is 25.4 Å². The number of carbonyl (C=O) groups is 1. The van der Waals surface area contributed by atoms with E-state index < -0.39 is 17.5 Å². The van der Waals surface area contributed by atoms with Crippen molar-refractivity contribution in [3.63, 3.8) is 0 Å². The van der Waals surface area contributed by atoms with Crippen LogP contribution in [0.15, 0.2) is 18.2 Å². The Labute approximate surface area is 100 Å². The third-order valence-corrected chi connectivity index (χ3v) is 3.44. The Kier molecular flexibility index (Phi) is 2.60. The average Bonchev–Trinajstić information content (AvgIpc) is 2.33. The van der Waals surface area contributed by atoms with Crippen LogP contribution < -0.4 is 9.64 Å². The van der Waals surface area contributed by atoms with Gasteiger partial charge in [-0.3, -0.25) is 4.79 Å². The Hall–Kier alpha value is -1.58.